The summed E-state index contributed by atoms with van der Waals surface area (Å²) in [6, 6.07) is 1.22. The Kier molecular flexibility index (Phi) is 3.41. The standard InChI is InChI=1S/C12H12INO5/c1-12(2)5-7-9(13)8(14(16)17)4-6(10(7)19-12)11(15)18-3/h4H,5H2,1-3H3. The number of carbonyl (C=O) groups excluding carboxylic acids is 1. The Hall–Kier alpha value is -1.38. The Morgan fingerprint density at radius 3 is 2.74 bits per heavy atom. The number of halogens is 1. The van der Waals surface area contributed by atoms with Crippen LogP contribution < -0.4 is 4.74 Å². The van der Waals surface area contributed by atoms with Gasteiger partial charge in [0.1, 0.15) is 16.9 Å². The first-order chi connectivity index (χ1) is 8.76. The van der Waals surface area contributed by atoms with Gasteiger partial charge in [0.15, 0.2) is 0 Å². The van der Waals surface area contributed by atoms with Crippen LogP contribution in [0.15, 0.2) is 6.07 Å². The van der Waals surface area contributed by atoms with Crippen molar-refractivity contribution < 1.29 is 19.2 Å². The van der Waals surface area contributed by atoms with Gasteiger partial charge in [-0.1, -0.05) is 0 Å². The van der Waals surface area contributed by atoms with Gasteiger partial charge < -0.3 is 9.47 Å². The molecule has 1 aromatic rings. The third-order valence-electron chi connectivity index (χ3n) is 2.87. The van der Waals surface area contributed by atoms with Crippen LogP contribution in [0.3, 0.4) is 0 Å². The summed E-state index contributed by atoms with van der Waals surface area (Å²) in [5, 5.41) is 11.1. The van der Waals surface area contributed by atoms with Crippen LogP contribution >= 0.6 is 22.6 Å². The number of rotatable bonds is 2. The monoisotopic (exact) mass is 377 g/mol. The van der Waals surface area contributed by atoms with Gasteiger partial charge in [-0.3, -0.25) is 10.1 Å². The Labute approximate surface area is 123 Å². The Morgan fingerprint density at radius 2 is 2.21 bits per heavy atom. The van der Waals surface area contributed by atoms with Crippen molar-refractivity contribution in [2.24, 2.45) is 0 Å². The van der Waals surface area contributed by atoms with Gasteiger partial charge >= 0.3 is 5.97 Å². The molecule has 0 aliphatic carbocycles. The lowest BCUT2D eigenvalue weighted by Crippen LogP contribution is -2.25. The minimum Gasteiger partial charge on any atom is -0.486 e. The van der Waals surface area contributed by atoms with Crippen molar-refractivity contribution in [3.63, 3.8) is 0 Å². The molecular formula is C12H12INO5. The fourth-order valence-electron chi connectivity index (χ4n) is 2.09. The zero-order valence-corrected chi connectivity index (χ0v) is 12.8. The second kappa shape index (κ2) is 4.62. The molecule has 1 aromatic carbocycles. The highest BCUT2D eigenvalue weighted by atomic mass is 127. The summed E-state index contributed by atoms with van der Waals surface area (Å²) in [7, 11) is 1.23. The second-order valence-corrected chi connectivity index (χ2v) is 5.93. The third kappa shape index (κ3) is 2.38. The minimum atomic E-state index is -0.631. The van der Waals surface area contributed by atoms with Crippen LogP contribution in [0.4, 0.5) is 5.69 Å². The SMILES string of the molecule is COC(=O)c1cc([N+](=O)[O-])c(I)c2c1OC(C)(C)C2. The minimum absolute atomic E-state index is 0.0962. The van der Waals surface area contributed by atoms with Crippen molar-refractivity contribution in [1.29, 1.82) is 0 Å². The van der Waals surface area contributed by atoms with Gasteiger partial charge in [0.05, 0.1) is 15.6 Å². The highest BCUT2D eigenvalue weighted by molar-refractivity contribution is 14.1. The summed E-state index contributed by atoms with van der Waals surface area (Å²) < 4.78 is 10.9. The molecule has 1 aliphatic heterocycles. The Bertz CT molecular complexity index is 582. The van der Waals surface area contributed by atoms with Crippen molar-refractivity contribution in [3.8, 4) is 5.75 Å². The van der Waals surface area contributed by atoms with Gasteiger partial charge in [-0.25, -0.2) is 4.79 Å². The number of fused-ring (bicyclic) bond motifs is 1. The molecule has 0 aromatic heterocycles. The van der Waals surface area contributed by atoms with Gasteiger partial charge in [-0.2, -0.15) is 0 Å². The summed E-state index contributed by atoms with van der Waals surface area (Å²) in [4.78, 5) is 22.3. The van der Waals surface area contributed by atoms with E-state index in [1.165, 1.54) is 13.2 Å². The molecule has 0 bridgehead atoms. The average Bonchev–Trinajstić information content (AvgIpc) is 2.64. The molecule has 0 saturated heterocycles. The number of methoxy groups -OCH3 is 1. The lowest BCUT2D eigenvalue weighted by Gasteiger charge is -2.17. The van der Waals surface area contributed by atoms with E-state index in [9.17, 15) is 14.9 Å². The summed E-state index contributed by atoms with van der Waals surface area (Å²) >= 11 is 1.92. The van der Waals surface area contributed by atoms with Crippen molar-refractivity contribution in [3.05, 3.63) is 30.9 Å². The smallest absolute Gasteiger partial charge is 0.341 e. The molecule has 0 spiro atoms. The number of carbonyl (C=O) groups is 1. The van der Waals surface area contributed by atoms with Crippen molar-refractivity contribution in [2.75, 3.05) is 7.11 Å². The summed E-state index contributed by atoms with van der Waals surface area (Å²) in [6.07, 6.45) is 0.520. The van der Waals surface area contributed by atoms with E-state index in [0.29, 0.717) is 21.3 Å². The van der Waals surface area contributed by atoms with E-state index in [1.54, 1.807) is 0 Å². The molecule has 0 radical (unpaired) electrons. The molecule has 0 saturated carbocycles. The molecule has 1 heterocycles. The molecule has 1 aliphatic rings. The number of hydrogen-bond donors (Lipinski definition) is 0. The largest absolute Gasteiger partial charge is 0.486 e. The third-order valence-corrected chi connectivity index (χ3v) is 4.08. The van der Waals surface area contributed by atoms with E-state index >= 15 is 0 Å². The first-order valence-electron chi connectivity index (χ1n) is 5.54. The highest BCUT2D eigenvalue weighted by Gasteiger charge is 2.38. The molecule has 6 nitrogen and oxygen atoms in total. The topological polar surface area (TPSA) is 78.7 Å². The van der Waals surface area contributed by atoms with E-state index in [-0.39, 0.29) is 11.3 Å². The van der Waals surface area contributed by atoms with Gasteiger partial charge in [0.25, 0.3) is 5.69 Å². The number of hydrogen-bond acceptors (Lipinski definition) is 5. The average molecular weight is 377 g/mol. The fraction of sp³-hybridized carbons (Fsp3) is 0.417. The quantitative estimate of drug-likeness (QED) is 0.343. The fourth-order valence-corrected chi connectivity index (χ4v) is 2.88. The zero-order valence-electron chi connectivity index (χ0n) is 10.7. The van der Waals surface area contributed by atoms with Crippen molar-refractivity contribution >= 4 is 34.2 Å². The van der Waals surface area contributed by atoms with Crippen LogP contribution in [0.25, 0.3) is 0 Å². The zero-order chi connectivity index (χ0) is 14.4. The Balaban J connectivity index is 2.70. The molecule has 19 heavy (non-hydrogen) atoms. The van der Waals surface area contributed by atoms with E-state index in [4.69, 9.17) is 4.74 Å². The number of benzene rings is 1. The van der Waals surface area contributed by atoms with E-state index in [0.717, 1.165) is 0 Å². The number of nitro benzene ring substituents is 1. The van der Waals surface area contributed by atoms with Crippen molar-refractivity contribution in [2.45, 2.75) is 25.9 Å². The first-order valence-corrected chi connectivity index (χ1v) is 6.62. The molecule has 7 heteroatoms. The lowest BCUT2D eigenvalue weighted by atomic mass is 10.00. The first kappa shape index (κ1) is 14.0. The highest BCUT2D eigenvalue weighted by Crippen LogP contribution is 2.43. The maximum atomic E-state index is 11.7. The predicted octanol–water partition coefficient (Wildman–Crippen LogP) is 2.70. The number of ether oxygens (including phenoxy) is 2. The van der Waals surface area contributed by atoms with Crippen LogP contribution in [0.1, 0.15) is 29.8 Å². The van der Waals surface area contributed by atoms with Crippen molar-refractivity contribution in [1.82, 2.24) is 0 Å². The van der Waals surface area contributed by atoms with Gasteiger partial charge in [0.2, 0.25) is 0 Å². The molecule has 0 fully saturated rings. The summed E-state index contributed by atoms with van der Waals surface area (Å²) in [5.74, 6) is -0.236. The van der Waals surface area contributed by atoms with E-state index in [2.05, 4.69) is 4.74 Å². The van der Waals surface area contributed by atoms with Gasteiger partial charge in [-0.05, 0) is 36.4 Å². The molecule has 0 atom stereocenters. The lowest BCUT2D eigenvalue weighted by molar-refractivity contribution is -0.385. The second-order valence-electron chi connectivity index (χ2n) is 4.85. The maximum Gasteiger partial charge on any atom is 0.341 e. The van der Waals surface area contributed by atoms with Gasteiger partial charge in [0, 0.05) is 18.1 Å². The molecule has 0 unspecified atom stereocenters. The normalized spacial score (nSPS) is 15.6. The summed E-state index contributed by atoms with van der Waals surface area (Å²) in [5.41, 5.74) is 0.219. The van der Waals surface area contributed by atoms with E-state index < -0.39 is 16.5 Å². The van der Waals surface area contributed by atoms with Crippen LogP contribution in [0.2, 0.25) is 0 Å². The van der Waals surface area contributed by atoms with Crippen LogP contribution in [0.5, 0.6) is 5.75 Å². The van der Waals surface area contributed by atoms with E-state index in [1.807, 2.05) is 36.4 Å². The summed E-state index contributed by atoms with van der Waals surface area (Å²) in [6.45, 7) is 3.74. The van der Waals surface area contributed by atoms with Crippen LogP contribution in [0, 0.1) is 13.7 Å². The molecular weight excluding hydrogens is 365 g/mol. The molecule has 0 amide bonds. The predicted molar refractivity (Wildman–Crippen MR) is 75.6 cm³/mol. The molecule has 2 rings (SSSR count). The number of nitrogens with zero attached hydrogens (tertiary/aromatic N) is 1. The number of esters is 1. The van der Waals surface area contributed by atoms with Crippen LogP contribution in [-0.4, -0.2) is 23.6 Å². The number of nitro groups is 1. The van der Waals surface area contributed by atoms with Gasteiger partial charge in [-0.15, -0.1) is 0 Å². The Morgan fingerprint density at radius 1 is 1.58 bits per heavy atom. The molecule has 0 N–H and O–H groups in total. The molecule has 102 valence electrons. The van der Waals surface area contributed by atoms with Crippen LogP contribution in [-0.2, 0) is 11.2 Å². The maximum absolute atomic E-state index is 11.7.